The molecule has 0 bridgehead atoms. The van der Waals surface area contributed by atoms with Crippen molar-refractivity contribution >= 4 is 29.5 Å². The summed E-state index contributed by atoms with van der Waals surface area (Å²) in [5, 5.41) is 52.3. The Morgan fingerprint density at radius 1 is 0.882 bits per heavy atom. The van der Waals surface area contributed by atoms with Crippen LogP contribution in [0.5, 0.6) is 0 Å². The number of hydrogen-bond acceptors (Lipinski definition) is 9. The van der Waals surface area contributed by atoms with Crippen LogP contribution in [0.2, 0.25) is 0 Å². The summed E-state index contributed by atoms with van der Waals surface area (Å²) >= 11 is 0. The van der Waals surface area contributed by atoms with E-state index in [-0.39, 0.29) is 43.3 Å². The highest BCUT2D eigenvalue weighted by Gasteiger charge is 2.30. The number of tetrazole rings is 1. The Labute approximate surface area is 294 Å². The molecule has 0 spiro atoms. The van der Waals surface area contributed by atoms with E-state index in [1.807, 2.05) is 37.3 Å². The maximum Gasteiger partial charge on any atom is 0.404 e. The predicted octanol–water partition coefficient (Wildman–Crippen LogP) is 2.67. The predicted molar refractivity (Wildman–Crippen MR) is 187 cm³/mol. The molecular formula is C36H42N8O7. The number of aromatic nitrogens is 4. The van der Waals surface area contributed by atoms with Gasteiger partial charge in [0, 0.05) is 35.7 Å². The Kier molecular flexibility index (Phi) is 12.4. The molecule has 0 unspecified atom stereocenters. The Balaban J connectivity index is 1.28. The van der Waals surface area contributed by atoms with E-state index in [1.54, 1.807) is 36.4 Å². The van der Waals surface area contributed by atoms with Gasteiger partial charge in [-0.3, -0.25) is 14.4 Å². The van der Waals surface area contributed by atoms with Gasteiger partial charge in [0.05, 0.1) is 19.3 Å². The van der Waals surface area contributed by atoms with Gasteiger partial charge < -0.3 is 36.6 Å². The Bertz CT molecular complexity index is 1790. The highest BCUT2D eigenvalue weighted by molar-refractivity contribution is 5.98. The summed E-state index contributed by atoms with van der Waals surface area (Å²) in [5.41, 5.74) is 5.12. The van der Waals surface area contributed by atoms with Crippen LogP contribution in [-0.4, -0.2) is 91.6 Å². The van der Waals surface area contributed by atoms with Crippen LogP contribution >= 0.6 is 0 Å². The number of carboxylic acid groups (broad SMARTS) is 1. The zero-order chi connectivity index (χ0) is 36.3. The number of aromatic amines is 1. The average molecular weight is 699 g/mol. The molecule has 51 heavy (non-hydrogen) atoms. The molecule has 0 saturated heterocycles. The topological polar surface area (TPSA) is 232 Å². The molecule has 1 aliphatic rings. The molecule has 5 rings (SSSR count). The highest BCUT2D eigenvalue weighted by Crippen LogP contribution is 2.29. The van der Waals surface area contributed by atoms with Crippen molar-refractivity contribution in [2.45, 2.75) is 51.1 Å². The lowest BCUT2D eigenvalue weighted by Gasteiger charge is -2.29. The van der Waals surface area contributed by atoms with Crippen LogP contribution in [-0.2, 0) is 16.0 Å². The van der Waals surface area contributed by atoms with Crippen molar-refractivity contribution in [2.75, 3.05) is 25.1 Å². The van der Waals surface area contributed by atoms with E-state index in [0.717, 1.165) is 22.3 Å². The van der Waals surface area contributed by atoms with Crippen LogP contribution in [0.4, 0.5) is 10.5 Å². The number of benzene rings is 3. The molecule has 4 aromatic rings. The normalized spacial score (nSPS) is 16.2. The Morgan fingerprint density at radius 2 is 1.57 bits per heavy atom. The van der Waals surface area contributed by atoms with Gasteiger partial charge in [-0.2, -0.15) is 5.21 Å². The smallest absolute Gasteiger partial charge is 0.404 e. The standard InChI is InChI=1S/C36H42N8O7/c1-21-16-27(34(48)39-29(19-45)20-46)12-15-30(21)24-6-2-22(3-7-24)17-31(40-33(47)26-8-4-23(5-9-26)18-37-36(50)51)35(49)38-28-13-10-25(11-14-28)32-41-43-44-42-32/h2-3,6-7,10-16,23,26,29,31,37,45-46H,4-5,8-9,17-20H2,1H3,(H,38,49)(H,39,48)(H,40,47)(H,50,51)(H,41,42,43,44)/t23-,26-,31-/m0/s1. The average Bonchev–Trinajstić information content (AvgIpc) is 3.69. The summed E-state index contributed by atoms with van der Waals surface area (Å²) in [5.74, 6) is -0.697. The Hall–Kier alpha value is -5.67. The van der Waals surface area contributed by atoms with Gasteiger partial charge in [-0.25, -0.2) is 4.79 Å². The number of aryl methyl sites for hydroxylation is 1. The van der Waals surface area contributed by atoms with E-state index >= 15 is 0 Å². The fourth-order valence-corrected chi connectivity index (χ4v) is 6.18. The second-order valence-electron chi connectivity index (χ2n) is 12.7. The third kappa shape index (κ3) is 9.95. The molecule has 1 atom stereocenters. The third-order valence-corrected chi connectivity index (χ3v) is 9.12. The number of nitrogens with zero attached hydrogens (tertiary/aromatic N) is 3. The number of aliphatic hydroxyl groups excluding tert-OH is 2. The van der Waals surface area contributed by atoms with Crippen LogP contribution in [0.3, 0.4) is 0 Å². The van der Waals surface area contributed by atoms with E-state index in [4.69, 9.17) is 5.11 Å². The lowest BCUT2D eigenvalue weighted by atomic mass is 9.81. The van der Waals surface area contributed by atoms with Crippen LogP contribution in [0.15, 0.2) is 66.7 Å². The van der Waals surface area contributed by atoms with Crippen molar-refractivity contribution in [2.24, 2.45) is 11.8 Å². The van der Waals surface area contributed by atoms with Crippen molar-refractivity contribution in [1.29, 1.82) is 0 Å². The largest absolute Gasteiger partial charge is 0.465 e. The molecule has 1 heterocycles. The molecule has 1 fully saturated rings. The molecule has 1 aliphatic carbocycles. The van der Waals surface area contributed by atoms with E-state index in [1.165, 1.54) is 0 Å². The van der Waals surface area contributed by atoms with Gasteiger partial charge in [-0.1, -0.05) is 30.3 Å². The highest BCUT2D eigenvalue weighted by atomic mass is 16.4. The summed E-state index contributed by atoms with van der Waals surface area (Å²) < 4.78 is 0. The lowest BCUT2D eigenvalue weighted by Crippen LogP contribution is -2.48. The van der Waals surface area contributed by atoms with E-state index < -0.39 is 24.1 Å². The van der Waals surface area contributed by atoms with Gasteiger partial charge in [-0.15, -0.1) is 10.2 Å². The molecule has 0 aliphatic heterocycles. The summed E-state index contributed by atoms with van der Waals surface area (Å²) in [6, 6.07) is 18.2. The number of carbonyl (C=O) groups is 4. The van der Waals surface area contributed by atoms with Crippen molar-refractivity contribution < 1.29 is 34.5 Å². The molecule has 15 heteroatoms. The number of nitrogens with one attached hydrogen (secondary N) is 5. The fourth-order valence-electron chi connectivity index (χ4n) is 6.18. The first-order valence-electron chi connectivity index (χ1n) is 16.8. The SMILES string of the molecule is Cc1cc(C(=O)NC(CO)CO)ccc1-c1ccc(C[C@H](NC(=O)[C@H]2CC[C@H](CNC(=O)O)CC2)C(=O)Nc2ccc(-c3nn[nH]n3)cc2)cc1. The summed E-state index contributed by atoms with van der Waals surface area (Å²) in [7, 11) is 0. The second kappa shape index (κ2) is 17.3. The Morgan fingerprint density at radius 3 is 2.18 bits per heavy atom. The third-order valence-electron chi connectivity index (χ3n) is 9.12. The van der Waals surface area contributed by atoms with Gasteiger partial charge in [-0.05, 0) is 102 Å². The molecule has 15 nitrogen and oxygen atoms in total. The van der Waals surface area contributed by atoms with Gasteiger partial charge in [0.15, 0.2) is 0 Å². The molecule has 0 radical (unpaired) electrons. The quantitative estimate of drug-likeness (QED) is 0.0959. The molecule has 268 valence electrons. The molecular weight excluding hydrogens is 656 g/mol. The second-order valence-corrected chi connectivity index (χ2v) is 12.7. The number of H-pyrrole nitrogens is 1. The lowest BCUT2D eigenvalue weighted by molar-refractivity contribution is -0.130. The van der Waals surface area contributed by atoms with Crippen molar-refractivity contribution in [3.8, 4) is 22.5 Å². The summed E-state index contributed by atoms with van der Waals surface area (Å²) in [4.78, 5) is 50.6. The van der Waals surface area contributed by atoms with Crippen LogP contribution in [0.1, 0.15) is 47.2 Å². The first-order valence-corrected chi connectivity index (χ1v) is 16.8. The molecule has 4 amide bonds. The maximum atomic E-state index is 13.7. The zero-order valence-electron chi connectivity index (χ0n) is 28.1. The minimum absolute atomic E-state index is 0.167. The van der Waals surface area contributed by atoms with E-state index in [0.29, 0.717) is 54.9 Å². The van der Waals surface area contributed by atoms with E-state index in [2.05, 4.69) is 41.9 Å². The van der Waals surface area contributed by atoms with Crippen molar-refractivity contribution in [1.82, 2.24) is 36.6 Å². The number of aliphatic hydroxyl groups is 2. The first kappa shape index (κ1) is 36.6. The number of hydrogen-bond donors (Lipinski definition) is 8. The number of carbonyl (C=O) groups excluding carboxylic acids is 3. The maximum absolute atomic E-state index is 13.7. The monoisotopic (exact) mass is 698 g/mol. The molecule has 1 aromatic heterocycles. The van der Waals surface area contributed by atoms with E-state index in [9.17, 15) is 29.4 Å². The van der Waals surface area contributed by atoms with Crippen molar-refractivity contribution in [3.05, 3.63) is 83.4 Å². The molecule has 1 saturated carbocycles. The summed E-state index contributed by atoms with van der Waals surface area (Å²) in [6.45, 7) is 1.49. The van der Waals surface area contributed by atoms with Gasteiger partial charge in [0.2, 0.25) is 17.6 Å². The van der Waals surface area contributed by atoms with Crippen LogP contribution < -0.4 is 21.3 Å². The van der Waals surface area contributed by atoms with Crippen molar-refractivity contribution in [3.63, 3.8) is 0 Å². The zero-order valence-corrected chi connectivity index (χ0v) is 28.1. The van der Waals surface area contributed by atoms with Gasteiger partial charge in [0.25, 0.3) is 5.91 Å². The van der Waals surface area contributed by atoms with Crippen LogP contribution in [0, 0.1) is 18.8 Å². The minimum Gasteiger partial charge on any atom is -0.465 e. The summed E-state index contributed by atoms with van der Waals surface area (Å²) in [6.07, 6.45) is 1.78. The van der Waals surface area contributed by atoms with Gasteiger partial charge in [0.1, 0.15) is 6.04 Å². The first-order chi connectivity index (χ1) is 24.6. The molecule has 8 N–H and O–H groups in total. The van der Waals surface area contributed by atoms with Gasteiger partial charge >= 0.3 is 6.09 Å². The number of anilines is 1. The fraction of sp³-hybridized carbons (Fsp3) is 0.361. The number of rotatable bonds is 14. The molecule has 3 aromatic carbocycles. The van der Waals surface area contributed by atoms with Crippen LogP contribution in [0.25, 0.3) is 22.5 Å². The minimum atomic E-state index is -1.06. The number of amides is 4.